The molecular weight excluding hydrogens is 260 g/mol. The Kier molecular flexibility index (Phi) is 2.07. The fourth-order valence-electron chi connectivity index (χ4n) is 1.85. The highest BCUT2D eigenvalue weighted by Crippen LogP contribution is 2.28. The Morgan fingerprint density at radius 2 is 2.00 bits per heavy atom. The number of hydrogen-bond acceptors (Lipinski definition) is 6. The van der Waals surface area contributed by atoms with E-state index in [1.54, 1.807) is 0 Å². The first-order chi connectivity index (χ1) is 8.47. The van der Waals surface area contributed by atoms with Gasteiger partial charge in [-0.1, -0.05) is 0 Å². The van der Waals surface area contributed by atoms with Crippen LogP contribution in [-0.4, -0.2) is 23.3 Å². The molecule has 1 heterocycles. The summed E-state index contributed by atoms with van der Waals surface area (Å²) in [7, 11) is -4.67. The summed E-state index contributed by atoms with van der Waals surface area (Å²) in [5.41, 5.74) is 0.0878. The SMILES string of the molecule is O=c1ccc2c(S(=O)(=O)[O-])cc3o[nH]nc3c2c1. The van der Waals surface area contributed by atoms with Gasteiger partial charge in [-0.3, -0.25) is 4.79 Å². The fraction of sp³-hybridized carbons (Fsp3) is 0. The monoisotopic (exact) mass is 265 g/mol. The zero-order valence-electron chi connectivity index (χ0n) is 8.71. The van der Waals surface area contributed by atoms with Gasteiger partial charge in [0.15, 0.2) is 11.0 Å². The van der Waals surface area contributed by atoms with Gasteiger partial charge in [0.1, 0.15) is 15.6 Å². The molecular formula is C10H5N2O5S-. The van der Waals surface area contributed by atoms with Gasteiger partial charge in [0, 0.05) is 16.8 Å². The number of H-pyrrole nitrogens is 1. The topological polar surface area (TPSA) is 116 Å². The predicted molar refractivity (Wildman–Crippen MR) is 60.1 cm³/mol. The number of rotatable bonds is 1. The second kappa shape index (κ2) is 3.40. The number of aromatic amines is 1. The average Bonchev–Trinajstić information content (AvgIpc) is 2.74. The molecule has 0 amide bonds. The largest absolute Gasteiger partial charge is 0.744 e. The molecule has 0 radical (unpaired) electrons. The average molecular weight is 265 g/mol. The van der Waals surface area contributed by atoms with Gasteiger partial charge in [0.25, 0.3) is 0 Å². The molecule has 0 fully saturated rings. The highest BCUT2D eigenvalue weighted by atomic mass is 32.2. The van der Waals surface area contributed by atoms with Crippen LogP contribution in [0.2, 0.25) is 0 Å². The van der Waals surface area contributed by atoms with Crippen LogP contribution in [0.3, 0.4) is 0 Å². The Labute approximate surface area is 99.7 Å². The molecule has 1 aromatic heterocycles. The zero-order valence-corrected chi connectivity index (χ0v) is 9.52. The van der Waals surface area contributed by atoms with Gasteiger partial charge in [0.2, 0.25) is 0 Å². The molecule has 2 aromatic carbocycles. The maximum absolute atomic E-state index is 11.3. The van der Waals surface area contributed by atoms with Crippen molar-refractivity contribution in [3.8, 4) is 0 Å². The molecule has 0 saturated carbocycles. The van der Waals surface area contributed by atoms with Gasteiger partial charge in [0.05, 0.1) is 4.90 Å². The lowest BCUT2D eigenvalue weighted by Gasteiger charge is -2.09. The molecule has 0 aliphatic rings. The smallest absolute Gasteiger partial charge is 0.186 e. The van der Waals surface area contributed by atoms with E-state index in [2.05, 4.69) is 10.4 Å². The Hall–Kier alpha value is -2.19. The minimum atomic E-state index is -4.67. The molecule has 3 rings (SSSR count). The normalized spacial score (nSPS) is 12.3. The van der Waals surface area contributed by atoms with Crippen LogP contribution in [-0.2, 0) is 10.1 Å². The number of fused-ring (bicyclic) bond motifs is 3. The molecule has 0 unspecified atom stereocenters. The van der Waals surface area contributed by atoms with Crippen molar-refractivity contribution in [2.45, 2.75) is 4.90 Å². The van der Waals surface area contributed by atoms with Crippen LogP contribution >= 0.6 is 0 Å². The molecule has 8 heteroatoms. The summed E-state index contributed by atoms with van der Waals surface area (Å²) >= 11 is 0. The van der Waals surface area contributed by atoms with Crippen LogP contribution in [0.4, 0.5) is 0 Å². The number of benzene rings is 2. The fourth-order valence-corrected chi connectivity index (χ4v) is 2.55. The van der Waals surface area contributed by atoms with E-state index in [1.807, 2.05) is 0 Å². The quantitative estimate of drug-likeness (QED) is 0.643. The second-order valence-electron chi connectivity index (χ2n) is 3.69. The molecule has 0 spiro atoms. The third-order valence-corrected chi connectivity index (χ3v) is 3.47. The molecule has 0 aliphatic carbocycles. The highest BCUT2D eigenvalue weighted by molar-refractivity contribution is 7.86. The van der Waals surface area contributed by atoms with Crippen molar-refractivity contribution in [3.63, 3.8) is 0 Å². The minimum absolute atomic E-state index is 0.0996. The van der Waals surface area contributed by atoms with E-state index in [0.717, 1.165) is 6.07 Å². The molecule has 92 valence electrons. The molecule has 1 N–H and O–H groups in total. The minimum Gasteiger partial charge on any atom is -0.744 e. The first kappa shape index (κ1) is 10.9. The van der Waals surface area contributed by atoms with Gasteiger partial charge >= 0.3 is 0 Å². The Balaban J connectivity index is 2.67. The van der Waals surface area contributed by atoms with Crippen LogP contribution in [0.5, 0.6) is 0 Å². The van der Waals surface area contributed by atoms with Crippen molar-refractivity contribution in [1.82, 2.24) is 10.4 Å². The number of hydrogen-bond donors (Lipinski definition) is 1. The Bertz CT molecular complexity index is 922. The van der Waals surface area contributed by atoms with E-state index in [-0.39, 0.29) is 21.8 Å². The van der Waals surface area contributed by atoms with Crippen molar-refractivity contribution in [1.29, 1.82) is 0 Å². The van der Waals surface area contributed by atoms with Crippen molar-refractivity contribution in [3.05, 3.63) is 34.5 Å². The van der Waals surface area contributed by atoms with Gasteiger partial charge in [-0.15, -0.1) is 10.4 Å². The van der Waals surface area contributed by atoms with Crippen molar-refractivity contribution < 1.29 is 17.5 Å². The summed E-state index contributed by atoms with van der Waals surface area (Å²) in [5.74, 6) is 0. The van der Waals surface area contributed by atoms with Crippen LogP contribution in [0.1, 0.15) is 0 Å². The molecule has 7 nitrogen and oxygen atoms in total. The molecule has 0 bridgehead atoms. The van der Waals surface area contributed by atoms with E-state index >= 15 is 0 Å². The third-order valence-electron chi connectivity index (χ3n) is 2.59. The van der Waals surface area contributed by atoms with Crippen molar-refractivity contribution in [2.24, 2.45) is 0 Å². The summed E-state index contributed by atoms with van der Waals surface area (Å²) in [4.78, 5) is 10.9. The summed E-state index contributed by atoms with van der Waals surface area (Å²) in [6, 6.07) is 4.78. The summed E-state index contributed by atoms with van der Waals surface area (Å²) in [6.07, 6.45) is 0. The summed E-state index contributed by atoms with van der Waals surface area (Å²) in [6.45, 7) is 0. The van der Waals surface area contributed by atoms with Crippen molar-refractivity contribution >= 4 is 32.0 Å². The third kappa shape index (κ3) is 1.50. The lowest BCUT2D eigenvalue weighted by molar-refractivity contribution is 0.423. The lowest BCUT2D eigenvalue weighted by Crippen LogP contribution is -2.02. The maximum atomic E-state index is 11.3. The molecule has 18 heavy (non-hydrogen) atoms. The summed E-state index contributed by atoms with van der Waals surface area (Å²) in [5, 5.41) is 6.40. The molecule has 0 aliphatic heterocycles. The number of nitrogens with zero attached hydrogens (tertiary/aromatic N) is 1. The van der Waals surface area contributed by atoms with Crippen LogP contribution < -0.4 is 5.43 Å². The lowest BCUT2D eigenvalue weighted by atomic mass is 10.1. The first-order valence-electron chi connectivity index (χ1n) is 4.83. The maximum Gasteiger partial charge on any atom is 0.186 e. The van der Waals surface area contributed by atoms with Crippen molar-refractivity contribution in [2.75, 3.05) is 0 Å². The Morgan fingerprint density at radius 1 is 1.22 bits per heavy atom. The van der Waals surface area contributed by atoms with E-state index in [0.29, 0.717) is 5.52 Å². The van der Waals surface area contributed by atoms with Gasteiger partial charge in [-0.05, 0) is 18.2 Å². The van der Waals surface area contributed by atoms with Crippen LogP contribution in [0, 0.1) is 0 Å². The van der Waals surface area contributed by atoms with Crippen LogP contribution in [0.15, 0.2) is 38.5 Å². The number of nitrogens with one attached hydrogen (secondary N) is 1. The standard InChI is InChI=1S/C10H6N2O5S/c13-5-1-2-6-7(3-5)10-8(17-12-11-10)4-9(6)18(14,15)16/h1-4,12H,(H,14,15,16)/p-1. The highest BCUT2D eigenvalue weighted by Gasteiger charge is 2.14. The molecule has 3 aromatic rings. The second-order valence-corrected chi connectivity index (χ2v) is 5.04. The van der Waals surface area contributed by atoms with Gasteiger partial charge in [-0.2, -0.15) is 0 Å². The predicted octanol–water partition coefficient (Wildman–Crippen LogP) is 0.573. The zero-order chi connectivity index (χ0) is 12.9. The summed E-state index contributed by atoms with van der Waals surface area (Å²) < 4.78 is 38.4. The van der Waals surface area contributed by atoms with E-state index in [1.165, 1.54) is 18.2 Å². The molecule has 0 atom stereocenters. The van der Waals surface area contributed by atoms with Gasteiger partial charge < -0.3 is 9.08 Å². The first-order valence-corrected chi connectivity index (χ1v) is 6.24. The van der Waals surface area contributed by atoms with Gasteiger partial charge in [-0.25, -0.2) is 8.42 Å². The number of aromatic nitrogens is 2. The molecule has 0 saturated heterocycles. The Morgan fingerprint density at radius 3 is 2.72 bits per heavy atom. The van der Waals surface area contributed by atoms with E-state index in [4.69, 9.17) is 4.52 Å². The van der Waals surface area contributed by atoms with Crippen LogP contribution in [0.25, 0.3) is 21.9 Å². The van der Waals surface area contributed by atoms with E-state index < -0.39 is 15.0 Å². The van der Waals surface area contributed by atoms with E-state index in [9.17, 15) is 17.8 Å².